The number of nitrogens with zero attached hydrogens (tertiary/aromatic N) is 4. The molecule has 0 saturated carbocycles. The van der Waals surface area contributed by atoms with E-state index in [4.69, 9.17) is 0 Å². The van der Waals surface area contributed by atoms with Gasteiger partial charge >= 0.3 is 5.51 Å². The van der Waals surface area contributed by atoms with Gasteiger partial charge in [0, 0.05) is 0 Å². The van der Waals surface area contributed by atoms with Gasteiger partial charge in [0.25, 0.3) is 9.84 Å². The van der Waals surface area contributed by atoms with Gasteiger partial charge in [-0.05, 0) is 17.7 Å². The third kappa shape index (κ3) is 3.39. The third-order valence-corrected chi connectivity index (χ3v) is 5.10. The molecule has 1 atom stereocenters. The van der Waals surface area contributed by atoms with Gasteiger partial charge in [0.05, 0.1) is 35.2 Å². The second kappa shape index (κ2) is 6.68. The first kappa shape index (κ1) is 18.9. The van der Waals surface area contributed by atoms with E-state index in [-0.39, 0.29) is 11.3 Å². The predicted octanol–water partition coefficient (Wildman–Crippen LogP) is 3.15. The number of hydrogen-bond acceptors (Lipinski definition) is 5. The molecule has 142 valence electrons. The summed E-state index contributed by atoms with van der Waals surface area (Å²) >= 11 is 0. The van der Waals surface area contributed by atoms with Gasteiger partial charge < -0.3 is 0 Å². The van der Waals surface area contributed by atoms with Crippen LogP contribution in [0, 0.1) is 5.82 Å². The Bertz CT molecular complexity index is 1050. The van der Waals surface area contributed by atoms with Crippen LogP contribution in [0.3, 0.4) is 0 Å². The molecule has 0 bridgehead atoms. The highest BCUT2D eigenvalue weighted by molar-refractivity contribution is 7.92. The van der Waals surface area contributed by atoms with E-state index in [1.165, 1.54) is 12.4 Å². The minimum Gasteiger partial charge on any atom is -0.259 e. The summed E-state index contributed by atoms with van der Waals surface area (Å²) in [7, 11) is -5.57. The summed E-state index contributed by atoms with van der Waals surface area (Å²) in [5.41, 5.74) is -6.35. The Balaban J connectivity index is 2.02. The average Bonchev–Trinajstić information content (AvgIpc) is 3.14. The van der Waals surface area contributed by atoms with E-state index >= 15 is 0 Å². The Labute approximate surface area is 149 Å². The molecule has 0 aliphatic rings. The molecule has 3 rings (SSSR count). The molecule has 0 aliphatic carbocycles. The SMILES string of the molecule is O=S(=O)(c1ccc(C(F)c2c(F)cncc2-n2nccn2)cc1)C(F)(F)F. The molecule has 0 amide bonds. The lowest BCUT2D eigenvalue weighted by atomic mass is 10.0. The van der Waals surface area contributed by atoms with Crippen LogP contribution >= 0.6 is 0 Å². The Morgan fingerprint density at radius 2 is 1.59 bits per heavy atom. The van der Waals surface area contributed by atoms with Crippen molar-refractivity contribution in [2.45, 2.75) is 16.6 Å². The molecule has 0 saturated heterocycles. The zero-order valence-corrected chi connectivity index (χ0v) is 13.9. The molecule has 6 nitrogen and oxygen atoms in total. The van der Waals surface area contributed by atoms with Crippen molar-refractivity contribution in [1.29, 1.82) is 0 Å². The van der Waals surface area contributed by atoms with Crippen LogP contribution < -0.4 is 0 Å². The monoisotopic (exact) mass is 404 g/mol. The molecule has 0 N–H and O–H groups in total. The third-order valence-electron chi connectivity index (χ3n) is 3.59. The van der Waals surface area contributed by atoms with E-state index in [2.05, 4.69) is 15.2 Å². The highest BCUT2D eigenvalue weighted by Gasteiger charge is 2.46. The van der Waals surface area contributed by atoms with Gasteiger partial charge in [0.2, 0.25) is 0 Å². The van der Waals surface area contributed by atoms with E-state index < -0.39 is 37.8 Å². The van der Waals surface area contributed by atoms with Crippen molar-refractivity contribution in [3.63, 3.8) is 0 Å². The smallest absolute Gasteiger partial charge is 0.259 e. The first-order chi connectivity index (χ1) is 12.6. The number of halogens is 5. The molecule has 2 heterocycles. The van der Waals surface area contributed by atoms with Gasteiger partial charge in [0.15, 0.2) is 6.17 Å². The summed E-state index contributed by atoms with van der Waals surface area (Å²) in [6.45, 7) is 0. The van der Waals surface area contributed by atoms with Gasteiger partial charge in [-0.3, -0.25) is 4.98 Å². The zero-order chi connectivity index (χ0) is 19.8. The molecule has 0 fully saturated rings. The minimum atomic E-state index is -5.57. The molecule has 2 aromatic heterocycles. The molecule has 1 unspecified atom stereocenters. The summed E-state index contributed by atoms with van der Waals surface area (Å²) in [5, 5.41) is 7.53. The topological polar surface area (TPSA) is 77.7 Å². The lowest BCUT2D eigenvalue weighted by Crippen LogP contribution is -2.23. The number of sulfone groups is 1. The molecule has 1 aromatic carbocycles. The van der Waals surface area contributed by atoms with Crippen molar-refractivity contribution in [2.75, 3.05) is 0 Å². The largest absolute Gasteiger partial charge is 0.501 e. The van der Waals surface area contributed by atoms with Gasteiger partial charge in [-0.25, -0.2) is 17.2 Å². The second-order valence-corrected chi connectivity index (χ2v) is 7.19. The lowest BCUT2D eigenvalue weighted by molar-refractivity contribution is -0.0436. The maximum atomic E-state index is 14.9. The fraction of sp³-hybridized carbons (Fsp3) is 0.133. The molecule has 0 aliphatic heterocycles. The van der Waals surface area contributed by atoms with E-state index in [1.54, 1.807) is 0 Å². The van der Waals surface area contributed by atoms with Crippen molar-refractivity contribution < 1.29 is 30.4 Å². The first-order valence-corrected chi connectivity index (χ1v) is 8.66. The summed E-state index contributed by atoms with van der Waals surface area (Å²) in [6, 6.07) is 2.89. The fourth-order valence-electron chi connectivity index (χ4n) is 2.30. The van der Waals surface area contributed by atoms with E-state index in [1.807, 2.05) is 0 Å². The fourth-order valence-corrected chi connectivity index (χ4v) is 3.06. The number of aromatic nitrogens is 4. The molecular formula is C15H9F5N4O2S. The Kier molecular flexibility index (Phi) is 4.68. The van der Waals surface area contributed by atoms with Crippen molar-refractivity contribution in [1.82, 2.24) is 20.0 Å². The second-order valence-electron chi connectivity index (χ2n) is 5.25. The van der Waals surface area contributed by atoms with Crippen LogP contribution in [-0.2, 0) is 9.84 Å². The van der Waals surface area contributed by atoms with Crippen molar-refractivity contribution in [3.8, 4) is 5.69 Å². The van der Waals surface area contributed by atoms with Gasteiger partial charge in [-0.1, -0.05) is 12.1 Å². The highest BCUT2D eigenvalue weighted by atomic mass is 32.2. The van der Waals surface area contributed by atoms with Crippen LogP contribution in [-0.4, -0.2) is 33.9 Å². The van der Waals surface area contributed by atoms with Crippen LogP contribution in [0.4, 0.5) is 22.0 Å². The van der Waals surface area contributed by atoms with E-state index in [0.717, 1.165) is 29.3 Å². The van der Waals surface area contributed by atoms with Crippen LogP contribution in [0.1, 0.15) is 17.3 Å². The van der Waals surface area contributed by atoms with Crippen LogP contribution in [0.15, 0.2) is 53.9 Å². The maximum absolute atomic E-state index is 14.9. The summed E-state index contributed by atoms with van der Waals surface area (Å²) in [6.07, 6.45) is 2.30. The zero-order valence-electron chi connectivity index (χ0n) is 13.1. The van der Waals surface area contributed by atoms with E-state index in [9.17, 15) is 30.4 Å². The number of benzene rings is 1. The average molecular weight is 404 g/mol. The van der Waals surface area contributed by atoms with Gasteiger partial charge in [-0.2, -0.15) is 23.4 Å². The minimum absolute atomic E-state index is 0.112. The van der Waals surface area contributed by atoms with Crippen LogP contribution in [0.2, 0.25) is 0 Å². The predicted molar refractivity (Wildman–Crippen MR) is 81.7 cm³/mol. The number of alkyl halides is 4. The number of rotatable bonds is 4. The Hall–Kier alpha value is -2.89. The summed E-state index contributed by atoms with van der Waals surface area (Å²) in [5.74, 6) is -1.02. The Morgan fingerprint density at radius 3 is 2.15 bits per heavy atom. The highest BCUT2D eigenvalue weighted by Crippen LogP contribution is 2.34. The van der Waals surface area contributed by atoms with Crippen LogP contribution in [0.25, 0.3) is 5.69 Å². The first-order valence-electron chi connectivity index (χ1n) is 7.18. The summed E-state index contributed by atoms with van der Waals surface area (Å²) in [4.78, 5) is 3.49. The standard InChI is InChI=1S/C15H9F5N4O2S/c16-11-7-21-8-12(24-22-5-6-23-24)13(11)14(17)9-1-3-10(4-2-9)27(25,26)15(18,19)20/h1-8,14H. The van der Waals surface area contributed by atoms with Gasteiger partial charge in [0.1, 0.15) is 11.5 Å². The molecular weight excluding hydrogens is 395 g/mol. The van der Waals surface area contributed by atoms with Gasteiger partial charge in [-0.15, -0.1) is 4.80 Å². The van der Waals surface area contributed by atoms with Crippen molar-refractivity contribution in [2.24, 2.45) is 0 Å². The van der Waals surface area contributed by atoms with Crippen LogP contribution in [0.5, 0.6) is 0 Å². The van der Waals surface area contributed by atoms with Crippen molar-refractivity contribution >= 4 is 9.84 Å². The molecule has 0 spiro atoms. The maximum Gasteiger partial charge on any atom is 0.501 e. The molecule has 0 radical (unpaired) electrons. The molecule has 3 aromatic rings. The molecule has 12 heteroatoms. The summed E-state index contributed by atoms with van der Waals surface area (Å²) < 4.78 is 89.6. The Morgan fingerprint density at radius 1 is 1.00 bits per heavy atom. The van der Waals surface area contributed by atoms with E-state index in [0.29, 0.717) is 12.1 Å². The number of hydrogen-bond donors (Lipinski definition) is 0. The number of pyridine rings is 1. The lowest BCUT2D eigenvalue weighted by Gasteiger charge is -2.14. The van der Waals surface area contributed by atoms with Crippen molar-refractivity contribution in [3.05, 3.63) is 66.0 Å². The molecule has 27 heavy (non-hydrogen) atoms. The normalized spacial score (nSPS) is 13.5. The quantitative estimate of drug-likeness (QED) is 0.625.